The minimum Gasteiger partial charge on any atom is -0.476 e. The highest BCUT2D eigenvalue weighted by atomic mass is 79.9. The molecule has 0 radical (unpaired) electrons. The van der Waals surface area contributed by atoms with Crippen molar-refractivity contribution in [1.82, 2.24) is 9.97 Å². The molecule has 0 spiro atoms. The van der Waals surface area contributed by atoms with Crippen molar-refractivity contribution in [2.75, 3.05) is 0 Å². The average Bonchev–Trinajstić information content (AvgIpc) is 2.41. The highest BCUT2D eigenvalue weighted by Crippen LogP contribution is 2.32. The fourth-order valence-electron chi connectivity index (χ4n) is 1.71. The molecule has 0 atom stereocenters. The molecule has 1 aromatic heterocycles. The Morgan fingerprint density at radius 1 is 1.30 bits per heavy atom. The molecule has 0 fully saturated rings. The Hall–Kier alpha value is -1.95. The van der Waals surface area contributed by atoms with Crippen molar-refractivity contribution in [3.63, 3.8) is 0 Å². The topological polar surface area (TPSA) is 72.3 Å². The monoisotopic (exact) mass is 336 g/mol. The Morgan fingerprint density at radius 2 is 2.00 bits per heavy atom. The third-order valence-electron chi connectivity index (χ3n) is 2.67. The van der Waals surface area contributed by atoms with Crippen LogP contribution in [-0.2, 0) is 0 Å². The van der Waals surface area contributed by atoms with Crippen molar-refractivity contribution in [2.24, 2.45) is 0 Å². The first-order valence-electron chi connectivity index (χ1n) is 6.00. The second-order valence-corrected chi connectivity index (χ2v) is 5.37. The van der Waals surface area contributed by atoms with E-state index in [9.17, 15) is 4.79 Å². The molecule has 2 aromatic rings. The molecule has 6 heteroatoms. The zero-order valence-corrected chi connectivity index (χ0v) is 12.6. The zero-order valence-electron chi connectivity index (χ0n) is 11.0. The van der Waals surface area contributed by atoms with Gasteiger partial charge in [0, 0.05) is 16.9 Å². The lowest BCUT2D eigenvalue weighted by Crippen LogP contribution is -2.05. The van der Waals surface area contributed by atoms with Crippen LogP contribution in [-0.4, -0.2) is 21.0 Å². The summed E-state index contributed by atoms with van der Waals surface area (Å²) < 4.78 is 6.58. The van der Waals surface area contributed by atoms with Gasteiger partial charge in [0.15, 0.2) is 0 Å². The van der Waals surface area contributed by atoms with E-state index in [-0.39, 0.29) is 17.5 Å². The van der Waals surface area contributed by atoms with Crippen molar-refractivity contribution < 1.29 is 14.6 Å². The third kappa shape index (κ3) is 3.14. The third-order valence-corrected chi connectivity index (χ3v) is 3.16. The molecule has 0 aliphatic rings. The van der Waals surface area contributed by atoms with Crippen LogP contribution in [0.1, 0.15) is 35.8 Å². The summed E-state index contributed by atoms with van der Waals surface area (Å²) in [6.07, 6.45) is 2.72. The fraction of sp³-hybridized carbons (Fsp3) is 0.214. The van der Waals surface area contributed by atoms with Crippen molar-refractivity contribution in [1.29, 1.82) is 0 Å². The van der Waals surface area contributed by atoms with Gasteiger partial charge < -0.3 is 9.84 Å². The first-order chi connectivity index (χ1) is 9.49. The standard InChI is InChI=1S/C14H13BrN2O3/c1-8(2)10-7-9(15)3-4-11(10)20-13-12(14(18)19)16-5-6-17-13/h3-8H,1-2H3,(H,18,19). The first-order valence-corrected chi connectivity index (χ1v) is 6.80. The summed E-state index contributed by atoms with van der Waals surface area (Å²) in [5, 5.41) is 9.08. The van der Waals surface area contributed by atoms with Gasteiger partial charge in [-0.15, -0.1) is 0 Å². The van der Waals surface area contributed by atoms with E-state index in [1.54, 1.807) is 6.07 Å². The number of hydrogen-bond donors (Lipinski definition) is 1. The second kappa shape index (κ2) is 6.00. The van der Waals surface area contributed by atoms with Crippen molar-refractivity contribution in [3.05, 3.63) is 46.3 Å². The molecule has 0 bridgehead atoms. The van der Waals surface area contributed by atoms with E-state index in [0.29, 0.717) is 5.75 Å². The zero-order chi connectivity index (χ0) is 14.7. The van der Waals surface area contributed by atoms with Crippen LogP contribution >= 0.6 is 15.9 Å². The molecule has 5 nitrogen and oxygen atoms in total. The van der Waals surface area contributed by atoms with Crippen molar-refractivity contribution in [3.8, 4) is 11.6 Å². The molecule has 2 rings (SSSR count). The van der Waals surface area contributed by atoms with Crippen LogP contribution in [0.5, 0.6) is 11.6 Å². The summed E-state index contributed by atoms with van der Waals surface area (Å²) in [5.41, 5.74) is 0.756. The van der Waals surface area contributed by atoms with E-state index < -0.39 is 5.97 Å². The van der Waals surface area contributed by atoms with Crippen LogP contribution in [0.3, 0.4) is 0 Å². The molecule has 0 unspecified atom stereocenters. The minimum absolute atomic E-state index is 0.00998. The summed E-state index contributed by atoms with van der Waals surface area (Å²) in [4.78, 5) is 18.8. The lowest BCUT2D eigenvalue weighted by molar-refractivity contribution is 0.0686. The molecular weight excluding hydrogens is 324 g/mol. The number of carbonyl (C=O) groups is 1. The number of nitrogens with zero attached hydrogens (tertiary/aromatic N) is 2. The van der Waals surface area contributed by atoms with E-state index in [4.69, 9.17) is 9.84 Å². The van der Waals surface area contributed by atoms with Gasteiger partial charge in [0.1, 0.15) is 5.75 Å². The summed E-state index contributed by atoms with van der Waals surface area (Å²) in [5.74, 6) is -0.376. The Morgan fingerprint density at radius 3 is 2.65 bits per heavy atom. The maximum absolute atomic E-state index is 11.1. The summed E-state index contributed by atoms with van der Waals surface area (Å²) in [7, 11) is 0. The van der Waals surface area contributed by atoms with Crippen LogP contribution in [0.25, 0.3) is 0 Å². The maximum atomic E-state index is 11.1. The van der Waals surface area contributed by atoms with E-state index in [1.165, 1.54) is 12.4 Å². The summed E-state index contributed by atoms with van der Waals surface area (Å²) in [6, 6.07) is 5.55. The molecular formula is C14H13BrN2O3. The Balaban J connectivity index is 2.43. The summed E-state index contributed by atoms with van der Waals surface area (Å²) >= 11 is 3.41. The van der Waals surface area contributed by atoms with Crippen LogP contribution < -0.4 is 4.74 Å². The highest BCUT2D eigenvalue weighted by molar-refractivity contribution is 9.10. The number of benzene rings is 1. The van der Waals surface area contributed by atoms with Crippen molar-refractivity contribution in [2.45, 2.75) is 19.8 Å². The Kier molecular flexibility index (Phi) is 4.34. The largest absolute Gasteiger partial charge is 0.476 e. The average molecular weight is 337 g/mol. The molecule has 0 aliphatic heterocycles. The van der Waals surface area contributed by atoms with E-state index in [0.717, 1.165) is 10.0 Å². The van der Waals surface area contributed by atoms with Gasteiger partial charge in [0.2, 0.25) is 5.69 Å². The van der Waals surface area contributed by atoms with Crippen LogP contribution in [0.4, 0.5) is 0 Å². The number of halogens is 1. The lowest BCUT2D eigenvalue weighted by Gasteiger charge is -2.14. The number of carboxylic acids is 1. The van der Waals surface area contributed by atoms with Gasteiger partial charge >= 0.3 is 5.97 Å². The SMILES string of the molecule is CC(C)c1cc(Br)ccc1Oc1nccnc1C(=O)O. The normalized spacial score (nSPS) is 10.6. The van der Waals surface area contributed by atoms with Gasteiger partial charge in [-0.1, -0.05) is 29.8 Å². The lowest BCUT2D eigenvalue weighted by atomic mass is 10.0. The van der Waals surface area contributed by atoms with Crippen LogP contribution in [0.2, 0.25) is 0 Å². The number of ether oxygens (including phenoxy) is 1. The van der Waals surface area contributed by atoms with Gasteiger partial charge in [-0.05, 0) is 29.7 Å². The second-order valence-electron chi connectivity index (χ2n) is 4.45. The van der Waals surface area contributed by atoms with Crippen LogP contribution in [0, 0.1) is 0 Å². The Bertz CT molecular complexity index is 644. The molecule has 1 heterocycles. The summed E-state index contributed by atoms with van der Waals surface area (Å²) in [6.45, 7) is 4.06. The molecule has 1 aromatic carbocycles. The van der Waals surface area contributed by atoms with E-state index >= 15 is 0 Å². The van der Waals surface area contributed by atoms with Crippen LogP contribution in [0.15, 0.2) is 35.1 Å². The van der Waals surface area contributed by atoms with E-state index in [1.807, 2.05) is 26.0 Å². The molecule has 104 valence electrons. The van der Waals surface area contributed by atoms with Gasteiger partial charge in [0.05, 0.1) is 0 Å². The molecule has 0 saturated carbocycles. The number of carboxylic acid groups (broad SMARTS) is 1. The molecule has 20 heavy (non-hydrogen) atoms. The van der Waals surface area contributed by atoms with Gasteiger partial charge in [-0.2, -0.15) is 0 Å². The number of hydrogen-bond acceptors (Lipinski definition) is 4. The highest BCUT2D eigenvalue weighted by Gasteiger charge is 2.17. The number of aromatic nitrogens is 2. The maximum Gasteiger partial charge on any atom is 0.360 e. The quantitative estimate of drug-likeness (QED) is 0.917. The molecule has 1 N–H and O–H groups in total. The smallest absolute Gasteiger partial charge is 0.360 e. The number of rotatable bonds is 4. The first kappa shape index (κ1) is 14.5. The fourth-order valence-corrected chi connectivity index (χ4v) is 2.09. The predicted octanol–water partition coefficient (Wildman–Crippen LogP) is 3.85. The number of aromatic carboxylic acids is 1. The molecule has 0 saturated heterocycles. The minimum atomic E-state index is -1.17. The Labute approximate surface area is 124 Å². The van der Waals surface area contributed by atoms with Gasteiger partial charge in [0.25, 0.3) is 5.88 Å². The van der Waals surface area contributed by atoms with E-state index in [2.05, 4.69) is 25.9 Å². The molecule has 0 aliphatic carbocycles. The van der Waals surface area contributed by atoms with Gasteiger partial charge in [-0.25, -0.2) is 14.8 Å². The van der Waals surface area contributed by atoms with Gasteiger partial charge in [-0.3, -0.25) is 0 Å². The predicted molar refractivity (Wildman–Crippen MR) is 77.3 cm³/mol. The van der Waals surface area contributed by atoms with Crippen molar-refractivity contribution >= 4 is 21.9 Å². The molecule has 0 amide bonds.